The molecule has 0 radical (unpaired) electrons. The summed E-state index contributed by atoms with van der Waals surface area (Å²) < 4.78 is 16.2. The van der Waals surface area contributed by atoms with Crippen LogP contribution < -0.4 is 10.6 Å². The summed E-state index contributed by atoms with van der Waals surface area (Å²) >= 11 is 12.7. The molecule has 0 aliphatic rings. The van der Waals surface area contributed by atoms with Crippen molar-refractivity contribution in [2.45, 2.75) is 13.8 Å². The molecule has 3 aromatic rings. The highest BCUT2D eigenvalue weighted by Crippen LogP contribution is 2.41. The van der Waals surface area contributed by atoms with E-state index in [0.717, 1.165) is 0 Å². The second-order valence-electron chi connectivity index (χ2n) is 6.31. The Bertz CT molecular complexity index is 918. The third kappa shape index (κ3) is 3.12. The number of hydrogen-bond acceptors (Lipinski definition) is 4. The molecule has 0 saturated carbocycles. The number of nitrogens with two attached hydrogens (primary N) is 1. The van der Waals surface area contributed by atoms with Gasteiger partial charge in [0.05, 0.1) is 22.5 Å². The highest BCUT2D eigenvalue weighted by Gasteiger charge is 2.25. The maximum Gasteiger partial charge on any atom is 0.182 e. The van der Waals surface area contributed by atoms with Crippen LogP contribution in [0.15, 0.2) is 24.4 Å². The van der Waals surface area contributed by atoms with E-state index in [1.54, 1.807) is 16.6 Å². The van der Waals surface area contributed by atoms with Crippen molar-refractivity contribution < 1.29 is 4.39 Å². The number of nitrogen functional groups attached to an aromatic ring is 1. The summed E-state index contributed by atoms with van der Waals surface area (Å²) in [6, 6.07) is 4.50. The zero-order valence-electron chi connectivity index (χ0n) is 14.1. The first kappa shape index (κ1) is 17.8. The second kappa shape index (κ2) is 6.69. The maximum atomic E-state index is 14.6. The van der Waals surface area contributed by atoms with Gasteiger partial charge in [0.1, 0.15) is 16.8 Å². The van der Waals surface area contributed by atoms with Crippen molar-refractivity contribution in [1.82, 2.24) is 14.6 Å². The Balaban J connectivity index is 2.40. The SMILES string of the molecule is CC(C)CN(C)c1c(-c2c(F)cccc2Cl)c(Cl)nc2c(N)cnn12. The maximum absolute atomic E-state index is 14.6. The average molecular weight is 382 g/mol. The molecule has 1 aromatic carbocycles. The summed E-state index contributed by atoms with van der Waals surface area (Å²) in [5.74, 6) is 0.478. The number of halogens is 3. The molecule has 132 valence electrons. The number of aromatic nitrogens is 3. The molecule has 0 atom stereocenters. The molecular formula is C17H18Cl2FN5. The van der Waals surface area contributed by atoms with E-state index in [-0.39, 0.29) is 15.7 Å². The predicted octanol–water partition coefficient (Wildman–Crippen LogP) is 4.52. The third-order valence-corrected chi connectivity index (χ3v) is 4.41. The molecule has 0 saturated heterocycles. The highest BCUT2D eigenvalue weighted by molar-refractivity contribution is 6.36. The number of fused-ring (bicyclic) bond motifs is 1. The molecule has 0 aliphatic heterocycles. The van der Waals surface area contributed by atoms with E-state index in [2.05, 4.69) is 23.9 Å². The summed E-state index contributed by atoms with van der Waals surface area (Å²) in [5.41, 5.74) is 7.35. The van der Waals surface area contributed by atoms with E-state index in [1.165, 1.54) is 12.3 Å². The largest absolute Gasteiger partial charge is 0.394 e. The van der Waals surface area contributed by atoms with Crippen molar-refractivity contribution in [3.8, 4) is 11.1 Å². The lowest BCUT2D eigenvalue weighted by atomic mass is 10.1. The Morgan fingerprint density at radius 3 is 2.64 bits per heavy atom. The molecule has 0 fully saturated rings. The Morgan fingerprint density at radius 2 is 2.00 bits per heavy atom. The normalized spacial score (nSPS) is 11.5. The third-order valence-electron chi connectivity index (χ3n) is 3.82. The van der Waals surface area contributed by atoms with E-state index in [4.69, 9.17) is 28.9 Å². The summed E-state index contributed by atoms with van der Waals surface area (Å²) in [5, 5.41) is 4.67. The van der Waals surface area contributed by atoms with E-state index < -0.39 is 5.82 Å². The molecule has 2 N–H and O–H groups in total. The van der Waals surface area contributed by atoms with Crippen molar-refractivity contribution in [3.63, 3.8) is 0 Å². The van der Waals surface area contributed by atoms with Crippen LogP contribution in [0.3, 0.4) is 0 Å². The molecule has 0 bridgehead atoms. The number of nitrogens with zero attached hydrogens (tertiary/aromatic N) is 4. The van der Waals surface area contributed by atoms with Gasteiger partial charge < -0.3 is 10.6 Å². The van der Waals surface area contributed by atoms with Gasteiger partial charge in [0.15, 0.2) is 5.65 Å². The first-order valence-corrected chi connectivity index (χ1v) is 8.55. The number of hydrogen-bond donors (Lipinski definition) is 1. The van der Waals surface area contributed by atoms with Gasteiger partial charge in [0.25, 0.3) is 0 Å². The van der Waals surface area contributed by atoms with Crippen molar-refractivity contribution in [2.75, 3.05) is 24.2 Å². The van der Waals surface area contributed by atoms with E-state index in [9.17, 15) is 4.39 Å². The summed E-state index contributed by atoms with van der Waals surface area (Å²) in [7, 11) is 1.89. The fourth-order valence-corrected chi connectivity index (χ4v) is 3.42. The minimum Gasteiger partial charge on any atom is -0.394 e. The molecule has 2 aromatic heterocycles. The van der Waals surface area contributed by atoms with Crippen molar-refractivity contribution >= 4 is 40.4 Å². The van der Waals surface area contributed by atoms with Crippen LogP contribution in [0, 0.1) is 11.7 Å². The van der Waals surface area contributed by atoms with E-state index in [1.807, 2.05) is 11.9 Å². The Hall–Kier alpha value is -2.05. The van der Waals surface area contributed by atoms with Crippen LogP contribution in [-0.4, -0.2) is 28.2 Å². The van der Waals surface area contributed by atoms with Crippen molar-refractivity contribution in [3.05, 3.63) is 40.4 Å². The lowest BCUT2D eigenvalue weighted by Crippen LogP contribution is -2.26. The van der Waals surface area contributed by atoms with Crippen LogP contribution >= 0.6 is 23.2 Å². The summed E-state index contributed by atoms with van der Waals surface area (Å²) in [6.07, 6.45) is 1.50. The van der Waals surface area contributed by atoms with Gasteiger partial charge in [-0.15, -0.1) is 0 Å². The standard InChI is InChI=1S/C17H18Cl2FN5/c1-9(2)8-24(3)17-14(13-10(18)5-4-6-11(13)20)15(19)23-16-12(21)7-22-25(16)17/h4-7,9H,8,21H2,1-3H3. The molecule has 0 aliphatic carbocycles. The molecule has 8 heteroatoms. The van der Waals surface area contributed by atoms with Crippen molar-refractivity contribution in [2.24, 2.45) is 5.92 Å². The van der Waals surface area contributed by atoms with Gasteiger partial charge in [-0.05, 0) is 18.1 Å². The molecular weight excluding hydrogens is 364 g/mol. The topological polar surface area (TPSA) is 59.5 Å². The summed E-state index contributed by atoms with van der Waals surface area (Å²) in [4.78, 5) is 6.26. The highest BCUT2D eigenvalue weighted by atomic mass is 35.5. The molecule has 3 rings (SSSR count). The minimum absolute atomic E-state index is 0.123. The van der Waals surface area contributed by atoms with Gasteiger partial charge in [-0.3, -0.25) is 0 Å². The lowest BCUT2D eigenvalue weighted by molar-refractivity contribution is 0.625. The lowest BCUT2D eigenvalue weighted by Gasteiger charge is -2.25. The smallest absolute Gasteiger partial charge is 0.182 e. The number of benzene rings is 1. The monoisotopic (exact) mass is 381 g/mol. The van der Waals surface area contributed by atoms with E-state index >= 15 is 0 Å². The van der Waals surface area contributed by atoms with Gasteiger partial charge in [-0.2, -0.15) is 9.61 Å². The van der Waals surface area contributed by atoms with Crippen molar-refractivity contribution in [1.29, 1.82) is 0 Å². The second-order valence-corrected chi connectivity index (χ2v) is 7.07. The number of anilines is 2. The molecule has 0 amide bonds. The van der Waals surface area contributed by atoms with Crippen LogP contribution in [0.2, 0.25) is 10.2 Å². The van der Waals surface area contributed by atoms with E-state index in [0.29, 0.717) is 35.2 Å². The van der Waals surface area contributed by atoms with Crippen LogP contribution in [0.25, 0.3) is 16.8 Å². The Morgan fingerprint density at radius 1 is 1.28 bits per heavy atom. The van der Waals surface area contributed by atoms with Crippen LogP contribution in [0.5, 0.6) is 0 Å². The zero-order valence-corrected chi connectivity index (χ0v) is 15.6. The zero-order chi connectivity index (χ0) is 18.3. The van der Waals surface area contributed by atoms with Gasteiger partial charge in [0.2, 0.25) is 0 Å². The van der Waals surface area contributed by atoms with Gasteiger partial charge in [0, 0.05) is 19.2 Å². The molecule has 5 nitrogen and oxygen atoms in total. The Labute approximate surface area is 155 Å². The fourth-order valence-electron chi connectivity index (χ4n) is 2.91. The predicted molar refractivity (Wildman–Crippen MR) is 101 cm³/mol. The number of rotatable bonds is 4. The molecule has 0 spiro atoms. The quantitative estimate of drug-likeness (QED) is 0.675. The van der Waals surface area contributed by atoms with Crippen LogP contribution in [0.4, 0.5) is 15.9 Å². The molecule has 0 unspecified atom stereocenters. The fraction of sp³-hybridized carbons (Fsp3) is 0.294. The first-order chi connectivity index (χ1) is 11.8. The Kier molecular flexibility index (Phi) is 4.75. The van der Waals surface area contributed by atoms with Crippen LogP contribution in [0.1, 0.15) is 13.8 Å². The average Bonchev–Trinajstić information content (AvgIpc) is 2.87. The van der Waals surface area contributed by atoms with Gasteiger partial charge in [-0.1, -0.05) is 43.1 Å². The first-order valence-electron chi connectivity index (χ1n) is 7.79. The minimum atomic E-state index is -0.477. The van der Waals surface area contributed by atoms with Crippen LogP contribution in [-0.2, 0) is 0 Å². The van der Waals surface area contributed by atoms with Gasteiger partial charge in [-0.25, -0.2) is 9.37 Å². The molecule has 25 heavy (non-hydrogen) atoms. The molecule has 2 heterocycles. The summed E-state index contributed by atoms with van der Waals surface area (Å²) in [6.45, 7) is 4.88. The van der Waals surface area contributed by atoms with Gasteiger partial charge >= 0.3 is 0 Å².